The Kier molecular flexibility index (Phi) is 3.06. The van der Waals surface area contributed by atoms with E-state index < -0.39 is 6.10 Å². The van der Waals surface area contributed by atoms with Crippen LogP contribution in [0.25, 0.3) is 11.5 Å². The Morgan fingerprint density at radius 2 is 2.25 bits per heavy atom. The summed E-state index contributed by atoms with van der Waals surface area (Å²) in [5.41, 5.74) is 2.93. The predicted octanol–water partition coefficient (Wildman–Crippen LogP) is 2.57. The molecule has 0 saturated heterocycles. The quantitative estimate of drug-likeness (QED) is 0.859. The van der Waals surface area contributed by atoms with Crippen molar-refractivity contribution < 1.29 is 9.52 Å². The molecular formula is C13H15NO2. The number of aromatic nitrogens is 1. The van der Waals surface area contributed by atoms with Gasteiger partial charge in [-0.1, -0.05) is 17.7 Å². The number of aryl methyl sites for hydroxylation is 1. The highest BCUT2D eigenvalue weighted by Gasteiger charge is 2.08. The fraction of sp³-hybridized carbons (Fsp3) is 0.308. The summed E-state index contributed by atoms with van der Waals surface area (Å²) in [5.74, 6) is 0.611. The number of hydrogen-bond donors (Lipinski definition) is 1. The molecule has 3 nitrogen and oxygen atoms in total. The van der Waals surface area contributed by atoms with Gasteiger partial charge in [-0.05, 0) is 26.0 Å². The van der Waals surface area contributed by atoms with Crippen molar-refractivity contribution in [3.63, 3.8) is 0 Å². The Hall–Kier alpha value is -1.61. The van der Waals surface area contributed by atoms with Gasteiger partial charge >= 0.3 is 0 Å². The first kappa shape index (κ1) is 10.9. The Labute approximate surface area is 94.8 Å². The van der Waals surface area contributed by atoms with Gasteiger partial charge in [-0.25, -0.2) is 4.98 Å². The van der Waals surface area contributed by atoms with Gasteiger partial charge < -0.3 is 9.52 Å². The van der Waals surface area contributed by atoms with Crippen LogP contribution in [0.2, 0.25) is 0 Å². The first-order valence-corrected chi connectivity index (χ1v) is 5.34. The summed E-state index contributed by atoms with van der Waals surface area (Å²) >= 11 is 0. The maximum atomic E-state index is 9.25. The van der Waals surface area contributed by atoms with E-state index in [2.05, 4.69) is 4.98 Å². The molecule has 1 aromatic carbocycles. The summed E-state index contributed by atoms with van der Waals surface area (Å²) in [5, 5.41) is 9.25. The summed E-state index contributed by atoms with van der Waals surface area (Å²) < 4.78 is 5.38. The minimum atomic E-state index is -0.393. The van der Waals surface area contributed by atoms with Crippen molar-refractivity contribution in [2.45, 2.75) is 26.4 Å². The fourth-order valence-corrected chi connectivity index (χ4v) is 1.61. The highest BCUT2D eigenvalue weighted by atomic mass is 16.3. The van der Waals surface area contributed by atoms with Crippen molar-refractivity contribution >= 4 is 0 Å². The zero-order valence-corrected chi connectivity index (χ0v) is 9.47. The molecule has 2 rings (SSSR count). The lowest BCUT2D eigenvalue weighted by Gasteiger charge is -1.98. The van der Waals surface area contributed by atoms with Gasteiger partial charge in [-0.15, -0.1) is 0 Å². The molecule has 1 N–H and O–H groups in total. The van der Waals surface area contributed by atoms with Crippen LogP contribution in [-0.2, 0) is 6.42 Å². The molecule has 0 aliphatic carbocycles. The minimum absolute atomic E-state index is 0.393. The summed E-state index contributed by atoms with van der Waals surface area (Å²) in [6, 6.07) is 8.00. The SMILES string of the molecule is Cc1cccc(-c2nc(CC(C)O)co2)c1. The van der Waals surface area contributed by atoms with Gasteiger partial charge in [0.25, 0.3) is 0 Å². The standard InChI is InChI=1S/C13H15NO2/c1-9-4-3-5-11(6-9)13-14-12(8-16-13)7-10(2)15/h3-6,8,10,15H,7H2,1-2H3. The third-order valence-electron chi connectivity index (χ3n) is 2.32. The maximum Gasteiger partial charge on any atom is 0.226 e. The van der Waals surface area contributed by atoms with Crippen LogP contribution in [0.1, 0.15) is 18.2 Å². The lowest BCUT2D eigenvalue weighted by Crippen LogP contribution is -2.04. The van der Waals surface area contributed by atoms with E-state index >= 15 is 0 Å². The summed E-state index contributed by atoms with van der Waals surface area (Å²) in [7, 11) is 0. The molecular weight excluding hydrogens is 202 g/mol. The van der Waals surface area contributed by atoms with E-state index in [-0.39, 0.29) is 0 Å². The number of hydrogen-bond acceptors (Lipinski definition) is 3. The highest BCUT2D eigenvalue weighted by Crippen LogP contribution is 2.20. The molecule has 3 heteroatoms. The molecule has 1 unspecified atom stereocenters. The van der Waals surface area contributed by atoms with Gasteiger partial charge in [-0.3, -0.25) is 0 Å². The number of nitrogens with zero attached hydrogens (tertiary/aromatic N) is 1. The number of aliphatic hydroxyl groups is 1. The van der Waals surface area contributed by atoms with Gasteiger partial charge in [0.05, 0.1) is 11.8 Å². The molecule has 0 radical (unpaired) electrons. The van der Waals surface area contributed by atoms with Crippen molar-refractivity contribution in [2.75, 3.05) is 0 Å². The lowest BCUT2D eigenvalue weighted by atomic mass is 10.1. The molecule has 16 heavy (non-hydrogen) atoms. The first-order valence-electron chi connectivity index (χ1n) is 5.34. The number of rotatable bonds is 3. The van der Waals surface area contributed by atoms with Crippen molar-refractivity contribution in [1.29, 1.82) is 0 Å². The second-order valence-electron chi connectivity index (χ2n) is 4.07. The van der Waals surface area contributed by atoms with E-state index in [9.17, 15) is 5.11 Å². The lowest BCUT2D eigenvalue weighted by molar-refractivity contribution is 0.194. The van der Waals surface area contributed by atoms with Crippen LogP contribution in [-0.4, -0.2) is 16.2 Å². The maximum absolute atomic E-state index is 9.25. The van der Waals surface area contributed by atoms with E-state index in [1.54, 1.807) is 13.2 Å². The third kappa shape index (κ3) is 2.49. The zero-order valence-electron chi connectivity index (χ0n) is 9.47. The topological polar surface area (TPSA) is 46.3 Å². The third-order valence-corrected chi connectivity index (χ3v) is 2.32. The van der Waals surface area contributed by atoms with E-state index in [0.717, 1.165) is 11.3 Å². The average molecular weight is 217 g/mol. The molecule has 1 atom stereocenters. The minimum Gasteiger partial charge on any atom is -0.444 e. The number of benzene rings is 1. The Balaban J connectivity index is 2.24. The summed E-state index contributed by atoms with van der Waals surface area (Å²) in [6.07, 6.45) is 1.73. The number of aliphatic hydroxyl groups excluding tert-OH is 1. The van der Waals surface area contributed by atoms with Crippen LogP contribution in [0.4, 0.5) is 0 Å². The molecule has 0 amide bonds. The van der Waals surface area contributed by atoms with Gasteiger partial charge in [0.1, 0.15) is 6.26 Å². The van der Waals surface area contributed by atoms with Crippen LogP contribution in [0.15, 0.2) is 34.9 Å². The highest BCUT2D eigenvalue weighted by molar-refractivity contribution is 5.54. The van der Waals surface area contributed by atoms with Crippen LogP contribution in [0.5, 0.6) is 0 Å². The zero-order chi connectivity index (χ0) is 11.5. The molecule has 1 heterocycles. The Morgan fingerprint density at radius 3 is 2.94 bits per heavy atom. The van der Waals surface area contributed by atoms with Crippen LogP contribution in [0, 0.1) is 6.92 Å². The van der Waals surface area contributed by atoms with Gasteiger partial charge in [0.2, 0.25) is 5.89 Å². The molecule has 84 valence electrons. The van der Waals surface area contributed by atoms with Gasteiger partial charge in [0, 0.05) is 12.0 Å². The summed E-state index contributed by atoms with van der Waals surface area (Å²) in [4.78, 5) is 4.34. The largest absolute Gasteiger partial charge is 0.444 e. The van der Waals surface area contributed by atoms with Crippen LogP contribution >= 0.6 is 0 Å². The van der Waals surface area contributed by atoms with Crippen molar-refractivity contribution in [1.82, 2.24) is 4.98 Å². The monoisotopic (exact) mass is 217 g/mol. The first-order chi connectivity index (χ1) is 7.65. The second-order valence-corrected chi connectivity index (χ2v) is 4.07. The van der Waals surface area contributed by atoms with E-state index in [0.29, 0.717) is 12.3 Å². The molecule has 0 spiro atoms. The van der Waals surface area contributed by atoms with Crippen molar-refractivity contribution in [2.24, 2.45) is 0 Å². The molecule has 0 bridgehead atoms. The van der Waals surface area contributed by atoms with Crippen molar-refractivity contribution in [3.8, 4) is 11.5 Å². The average Bonchev–Trinajstić information content (AvgIpc) is 2.65. The second kappa shape index (κ2) is 4.49. The molecule has 0 aliphatic heterocycles. The van der Waals surface area contributed by atoms with Gasteiger partial charge in [-0.2, -0.15) is 0 Å². The van der Waals surface area contributed by atoms with Crippen molar-refractivity contribution in [3.05, 3.63) is 41.8 Å². The molecule has 0 fully saturated rings. The van der Waals surface area contributed by atoms with Crippen LogP contribution < -0.4 is 0 Å². The fourth-order valence-electron chi connectivity index (χ4n) is 1.61. The molecule has 1 aromatic heterocycles. The van der Waals surface area contributed by atoms with E-state index in [4.69, 9.17) is 4.42 Å². The smallest absolute Gasteiger partial charge is 0.226 e. The molecule has 0 aliphatic rings. The van der Waals surface area contributed by atoms with Crippen LogP contribution in [0.3, 0.4) is 0 Å². The Bertz CT molecular complexity index is 474. The molecule has 2 aromatic rings. The normalized spacial score (nSPS) is 12.7. The summed E-state index contributed by atoms with van der Waals surface area (Å²) in [6.45, 7) is 3.77. The van der Waals surface area contributed by atoms with E-state index in [1.165, 1.54) is 5.56 Å². The Morgan fingerprint density at radius 1 is 1.44 bits per heavy atom. The van der Waals surface area contributed by atoms with E-state index in [1.807, 2.05) is 31.2 Å². The predicted molar refractivity (Wildman–Crippen MR) is 62.1 cm³/mol. The molecule has 0 saturated carbocycles. The number of oxazole rings is 1. The van der Waals surface area contributed by atoms with Gasteiger partial charge in [0.15, 0.2) is 0 Å².